The highest BCUT2D eigenvalue weighted by molar-refractivity contribution is 5.94. The van der Waals surface area contributed by atoms with Gasteiger partial charge in [0.1, 0.15) is 23.3 Å². The van der Waals surface area contributed by atoms with Crippen LogP contribution in [0.1, 0.15) is 56.4 Å². The molecule has 3 aliphatic rings. The number of carbonyl (C=O) groups excluding carboxylic acids is 1. The van der Waals surface area contributed by atoms with Gasteiger partial charge in [-0.2, -0.15) is 0 Å². The number of rotatable bonds is 6. The van der Waals surface area contributed by atoms with E-state index in [-0.39, 0.29) is 28.5 Å². The van der Waals surface area contributed by atoms with Gasteiger partial charge in [-0.15, -0.1) is 0 Å². The molecular weight excluding hydrogens is 546 g/mol. The summed E-state index contributed by atoms with van der Waals surface area (Å²) in [6, 6.07) is 7.58. The van der Waals surface area contributed by atoms with Gasteiger partial charge in [-0.3, -0.25) is 9.69 Å². The number of benzene rings is 2. The quantitative estimate of drug-likeness (QED) is 0.417. The fraction of sp³-hybridized carbons (Fsp3) is 0.452. The van der Waals surface area contributed by atoms with Crippen molar-refractivity contribution in [3.63, 3.8) is 0 Å². The van der Waals surface area contributed by atoms with E-state index in [1.807, 2.05) is 9.80 Å². The Morgan fingerprint density at radius 3 is 2.21 bits per heavy atom. The number of carboxylic acid groups (broad SMARTS) is 1. The molecule has 11 heteroatoms. The van der Waals surface area contributed by atoms with Crippen molar-refractivity contribution in [2.45, 2.75) is 52.2 Å². The van der Waals surface area contributed by atoms with Crippen LogP contribution >= 0.6 is 0 Å². The van der Waals surface area contributed by atoms with Gasteiger partial charge in [-0.05, 0) is 55.0 Å². The van der Waals surface area contributed by atoms with Crippen molar-refractivity contribution in [1.29, 1.82) is 0 Å². The third-order valence-electron chi connectivity index (χ3n) is 8.19. The number of fused-ring (bicyclic) bond motifs is 1. The Bertz CT molecular complexity index is 1640. The second-order valence-electron chi connectivity index (χ2n) is 12.6. The highest BCUT2D eigenvalue weighted by Gasteiger charge is 2.35. The number of carbonyl (C=O) groups is 2. The lowest BCUT2D eigenvalue weighted by Gasteiger charge is -2.37. The van der Waals surface area contributed by atoms with Crippen LogP contribution in [0.3, 0.4) is 0 Å². The molecule has 222 valence electrons. The lowest BCUT2D eigenvalue weighted by atomic mass is 9.89. The third kappa shape index (κ3) is 5.28. The molecule has 3 heterocycles. The zero-order chi connectivity index (χ0) is 29.9. The van der Waals surface area contributed by atoms with Gasteiger partial charge >= 0.3 is 12.1 Å². The molecule has 0 bridgehead atoms. The number of amides is 1. The Kier molecular flexibility index (Phi) is 6.86. The number of pyridine rings is 1. The van der Waals surface area contributed by atoms with Crippen LogP contribution < -0.4 is 20.1 Å². The van der Waals surface area contributed by atoms with Gasteiger partial charge in [0.15, 0.2) is 0 Å². The first-order valence-corrected chi connectivity index (χ1v) is 14.3. The van der Waals surface area contributed by atoms with Crippen LogP contribution in [-0.4, -0.2) is 60.6 Å². The van der Waals surface area contributed by atoms with E-state index in [1.165, 1.54) is 17.2 Å². The van der Waals surface area contributed by atoms with Crippen molar-refractivity contribution >= 4 is 40.0 Å². The molecule has 3 aromatic rings. The number of aromatic carboxylic acids is 1. The summed E-state index contributed by atoms with van der Waals surface area (Å²) in [5, 5.41) is 9.53. The summed E-state index contributed by atoms with van der Waals surface area (Å²) in [5.41, 5.74) is 0.618. The van der Waals surface area contributed by atoms with Gasteiger partial charge in [0.25, 0.3) is 0 Å². The maximum atomic E-state index is 15.3. The first kappa shape index (κ1) is 28.0. The number of halogens is 2. The number of hydrogen-bond acceptors (Lipinski definition) is 6. The molecule has 0 radical (unpaired) electrons. The summed E-state index contributed by atoms with van der Waals surface area (Å²) in [6.07, 6.45) is 3.08. The van der Waals surface area contributed by atoms with Gasteiger partial charge in [-0.25, -0.2) is 18.4 Å². The van der Waals surface area contributed by atoms with Crippen LogP contribution in [0.4, 0.5) is 30.6 Å². The van der Waals surface area contributed by atoms with Gasteiger partial charge in [-0.1, -0.05) is 20.8 Å². The molecule has 3 fully saturated rings. The molecule has 2 saturated heterocycles. The second-order valence-corrected chi connectivity index (χ2v) is 12.6. The zero-order valence-corrected chi connectivity index (χ0v) is 23.9. The lowest BCUT2D eigenvalue weighted by molar-refractivity contribution is 0.0694. The van der Waals surface area contributed by atoms with Crippen LogP contribution in [0, 0.1) is 17.0 Å². The average Bonchev–Trinajstić information content (AvgIpc) is 3.70. The van der Waals surface area contributed by atoms with Gasteiger partial charge in [0, 0.05) is 43.8 Å². The molecule has 2 aromatic carbocycles. The van der Waals surface area contributed by atoms with E-state index >= 15 is 8.78 Å². The Morgan fingerprint density at radius 1 is 0.976 bits per heavy atom. The Balaban J connectivity index is 1.19. The lowest BCUT2D eigenvalue weighted by Crippen LogP contribution is -2.47. The molecule has 1 amide bonds. The molecule has 1 saturated carbocycles. The van der Waals surface area contributed by atoms with Gasteiger partial charge < -0.3 is 24.2 Å². The molecule has 0 spiro atoms. The minimum atomic E-state index is -1.33. The second kappa shape index (κ2) is 10.3. The van der Waals surface area contributed by atoms with Crippen molar-refractivity contribution in [2.24, 2.45) is 5.41 Å². The van der Waals surface area contributed by atoms with Crippen LogP contribution in [-0.2, 0) is 4.74 Å². The highest BCUT2D eigenvalue weighted by atomic mass is 19.1. The summed E-state index contributed by atoms with van der Waals surface area (Å²) in [7, 11) is 0. The third-order valence-corrected chi connectivity index (χ3v) is 8.19. The van der Waals surface area contributed by atoms with Crippen LogP contribution in [0.25, 0.3) is 10.9 Å². The van der Waals surface area contributed by atoms with Gasteiger partial charge in [0.05, 0.1) is 29.1 Å². The minimum absolute atomic E-state index is 0.00478. The van der Waals surface area contributed by atoms with Crippen LogP contribution in [0.15, 0.2) is 41.3 Å². The predicted octanol–water partition coefficient (Wildman–Crippen LogP) is 5.40. The highest BCUT2D eigenvalue weighted by Crippen LogP contribution is 2.38. The number of ether oxygens (including phenoxy) is 1. The molecule has 1 atom stereocenters. The van der Waals surface area contributed by atoms with E-state index in [2.05, 4.69) is 20.8 Å². The average molecular weight is 581 g/mol. The first-order chi connectivity index (χ1) is 19.9. The van der Waals surface area contributed by atoms with E-state index in [0.29, 0.717) is 61.7 Å². The molecular formula is C31H34F2N4O5. The topological polar surface area (TPSA) is 95.3 Å². The van der Waals surface area contributed by atoms with Gasteiger partial charge in [0.2, 0.25) is 5.43 Å². The van der Waals surface area contributed by atoms with Crippen molar-refractivity contribution in [3.8, 4) is 0 Å². The summed E-state index contributed by atoms with van der Waals surface area (Å²) in [4.78, 5) is 42.1. The largest absolute Gasteiger partial charge is 0.477 e. The SMILES string of the molecule is CC(C)(C)CC1CN(c2ccc(N3CCN(c4cc5c(cc4F)c(=O)c(C(=O)O)cn5C4CC4)CC3)c(F)c2)C(=O)O1. The minimum Gasteiger partial charge on any atom is -0.477 e. The van der Waals surface area contributed by atoms with Crippen LogP contribution in [0.5, 0.6) is 0 Å². The van der Waals surface area contributed by atoms with E-state index in [1.54, 1.807) is 22.8 Å². The number of anilines is 3. The van der Waals surface area contributed by atoms with Crippen molar-refractivity contribution in [2.75, 3.05) is 47.4 Å². The maximum absolute atomic E-state index is 15.3. The summed E-state index contributed by atoms with van der Waals surface area (Å²) in [5.74, 6) is -2.38. The number of carboxylic acids is 1. The van der Waals surface area contributed by atoms with Crippen LogP contribution in [0.2, 0.25) is 0 Å². The molecule has 1 aliphatic carbocycles. The number of cyclic esters (lactones) is 1. The molecule has 2 aliphatic heterocycles. The summed E-state index contributed by atoms with van der Waals surface area (Å²) in [6.45, 7) is 8.30. The number of nitrogens with zero attached hydrogens (tertiary/aromatic N) is 4. The predicted molar refractivity (Wildman–Crippen MR) is 156 cm³/mol. The van der Waals surface area contributed by atoms with Crippen molar-refractivity contribution in [3.05, 3.63) is 63.9 Å². The fourth-order valence-corrected chi connectivity index (χ4v) is 6.04. The molecule has 1 aromatic heterocycles. The number of piperazine rings is 1. The zero-order valence-electron chi connectivity index (χ0n) is 23.9. The number of aromatic nitrogens is 1. The normalized spacial score (nSPS) is 19.5. The molecule has 1 N–H and O–H groups in total. The smallest absolute Gasteiger partial charge is 0.414 e. The fourth-order valence-electron chi connectivity index (χ4n) is 6.04. The molecule has 9 nitrogen and oxygen atoms in total. The summed E-state index contributed by atoms with van der Waals surface area (Å²) >= 11 is 0. The Hall–Kier alpha value is -4.15. The standard InChI is InChI=1S/C31H34F2N4O5/c1-31(2,3)15-20-16-37(30(41)42-20)19-6-7-25(23(32)12-19)34-8-10-35(11-9-34)27-14-26-21(13-24(27)33)28(38)22(29(39)40)17-36(26)18-4-5-18/h6-7,12-14,17-18,20H,4-5,8-11,15-16H2,1-3H3,(H,39,40). The maximum Gasteiger partial charge on any atom is 0.414 e. The Labute approximate surface area is 241 Å². The monoisotopic (exact) mass is 580 g/mol. The van der Waals surface area contributed by atoms with Crippen molar-refractivity contribution in [1.82, 2.24) is 4.57 Å². The molecule has 42 heavy (non-hydrogen) atoms. The first-order valence-electron chi connectivity index (χ1n) is 14.3. The Morgan fingerprint density at radius 2 is 1.62 bits per heavy atom. The summed E-state index contributed by atoms with van der Waals surface area (Å²) < 4.78 is 37.9. The molecule has 6 rings (SSSR count). The number of hydrogen-bond donors (Lipinski definition) is 1. The van der Waals surface area contributed by atoms with E-state index in [9.17, 15) is 19.5 Å². The van der Waals surface area contributed by atoms with E-state index < -0.39 is 29.1 Å². The van der Waals surface area contributed by atoms with Crippen molar-refractivity contribution < 1.29 is 28.2 Å². The van der Waals surface area contributed by atoms with E-state index in [0.717, 1.165) is 18.9 Å². The molecule has 1 unspecified atom stereocenters. The van der Waals surface area contributed by atoms with E-state index in [4.69, 9.17) is 4.74 Å².